The quantitative estimate of drug-likeness (QED) is 0.426. The van der Waals surface area contributed by atoms with Crippen LogP contribution in [0.2, 0.25) is 0 Å². The summed E-state index contributed by atoms with van der Waals surface area (Å²) in [5, 5.41) is 19.5. The van der Waals surface area contributed by atoms with Gasteiger partial charge >= 0.3 is 5.97 Å². The molecule has 0 unspecified atom stereocenters. The Kier molecular flexibility index (Phi) is 7.18. The fraction of sp³-hybridized carbons (Fsp3) is 0.833. The SMILES string of the molecule is COC(=O)CCCSC(=S)N(C)[C@H]1O[C@H](C)[C@H](O)[C@H]1O. The molecule has 8 heteroatoms. The van der Waals surface area contributed by atoms with Gasteiger partial charge in [-0.1, -0.05) is 24.0 Å². The van der Waals surface area contributed by atoms with Gasteiger partial charge in [0.15, 0.2) is 6.23 Å². The molecule has 20 heavy (non-hydrogen) atoms. The van der Waals surface area contributed by atoms with Crippen LogP contribution in [0.3, 0.4) is 0 Å². The van der Waals surface area contributed by atoms with E-state index >= 15 is 0 Å². The van der Waals surface area contributed by atoms with E-state index in [4.69, 9.17) is 17.0 Å². The highest BCUT2D eigenvalue weighted by atomic mass is 32.2. The molecular weight excluding hydrogens is 302 g/mol. The zero-order valence-electron chi connectivity index (χ0n) is 11.8. The molecule has 1 rings (SSSR count). The molecule has 1 aliphatic heterocycles. The Labute approximate surface area is 128 Å². The molecule has 0 aromatic rings. The van der Waals surface area contributed by atoms with Crippen molar-refractivity contribution in [2.75, 3.05) is 19.9 Å². The summed E-state index contributed by atoms with van der Waals surface area (Å²) in [5.74, 6) is 0.440. The highest BCUT2D eigenvalue weighted by Crippen LogP contribution is 2.25. The first-order valence-electron chi connectivity index (χ1n) is 6.36. The molecule has 6 nitrogen and oxygen atoms in total. The van der Waals surface area contributed by atoms with Crippen LogP contribution in [0, 0.1) is 0 Å². The smallest absolute Gasteiger partial charge is 0.305 e. The van der Waals surface area contributed by atoms with Crippen molar-refractivity contribution in [3.63, 3.8) is 0 Å². The molecule has 1 fully saturated rings. The van der Waals surface area contributed by atoms with Crippen molar-refractivity contribution >= 4 is 34.3 Å². The number of esters is 1. The maximum atomic E-state index is 11.0. The summed E-state index contributed by atoms with van der Waals surface area (Å²) in [6.07, 6.45) is -1.93. The predicted molar refractivity (Wildman–Crippen MR) is 80.4 cm³/mol. The molecule has 0 saturated carbocycles. The van der Waals surface area contributed by atoms with E-state index in [1.807, 2.05) is 0 Å². The first-order valence-corrected chi connectivity index (χ1v) is 7.75. The fourth-order valence-corrected chi connectivity index (χ4v) is 2.96. The van der Waals surface area contributed by atoms with Crippen LogP contribution in [0.5, 0.6) is 0 Å². The second-order valence-electron chi connectivity index (χ2n) is 4.62. The minimum absolute atomic E-state index is 0.239. The van der Waals surface area contributed by atoms with Crippen molar-refractivity contribution in [3.05, 3.63) is 0 Å². The Balaban J connectivity index is 2.34. The standard InChI is InChI=1S/C12H21NO5S2/c1-7-9(15)10(16)11(18-7)13(2)12(19)20-6-4-5-8(14)17-3/h7,9-11,15-16H,4-6H2,1-3H3/t7-,9+,10-,11+/m1/s1. The number of likely N-dealkylation sites (N-methyl/N-ethyl adjacent to an activating group) is 1. The molecule has 116 valence electrons. The lowest BCUT2D eigenvalue weighted by Crippen LogP contribution is -2.43. The number of thioether (sulfide) groups is 1. The molecule has 0 amide bonds. The number of nitrogens with zero attached hydrogens (tertiary/aromatic N) is 1. The van der Waals surface area contributed by atoms with Gasteiger partial charge in [-0.25, -0.2) is 0 Å². The number of methoxy groups -OCH3 is 1. The summed E-state index contributed by atoms with van der Waals surface area (Å²) in [5.41, 5.74) is 0. The van der Waals surface area contributed by atoms with E-state index in [-0.39, 0.29) is 5.97 Å². The molecule has 0 radical (unpaired) electrons. The van der Waals surface area contributed by atoms with Gasteiger partial charge in [0.25, 0.3) is 0 Å². The van der Waals surface area contributed by atoms with Crippen LogP contribution in [0.4, 0.5) is 0 Å². The van der Waals surface area contributed by atoms with Crippen LogP contribution in [-0.4, -0.2) is 69.9 Å². The number of thiocarbonyl (C=S) groups is 1. The molecule has 0 aromatic carbocycles. The van der Waals surface area contributed by atoms with Crippen LogP contribution < -0.4 is 0 Å². The number of ether oxygens (including phenoxy) is 2. The van der Waals surface area contributed by atoms with E-state index in [9.17, 15) is 15.0 Å². The Morgan fingerprint density at radius 1 is 1.45 bits per heavy atom. The number of carbonyl (C=O) groups excluding carboxylic acids is 1. The van der Waals surface area contributed by atoms with Crippen LogP contribution in [-0.2, 0) is 14.3 Å². The Morgan fingerprint density at radius 2 is 2.10 bits per heavy atom. The Bertz CT molecular complexity index is 355. The molecule has 4 atom stereocenters. The van der Waals surface area contributed by atoms with Crippen molar-refractivity contribution in [1.82, 2.24) is 4.90 Å². The molecule has 1 saturated heterocycles. The van der Waals surface area contributed by atoms with Crippen molar-refractivity contribution in [3.8, 4) is 0 Å². The fourth-order valence-electron chi connectivity index (χ4n) is 1.83. The summed E-state index contributed by atoms with van der Waals surface area (Å²) < 4.78 is 10.6. The lowest BCUT2D eigenvalue weighted by Gasteiger charge is -2.28. The molecule has 1 heterocycles. The second-order valence-corrected chi connectivity index (χ2v) is 6.35. The van der Waals surface area contributed by atoms with Gasteiger partial charge in [0.2, 0.25) is 0 Å². The van der Waals surface area contributed by atoms with Gasteiger partial charge in [0.05, 0.1) is 13.2 Å². The first kappa shape index (κ1) is 17.6. The maximum absolute atomic E-state index is 11.0. The normalized spacial score (nSPS) is 29.2. The van der Waals surface area contributed by atoms with E-state index in [0.717, 1.165) is 0 Å². The highest BCUT2D eigenvalue weighted by Gasteiger charge is 2.42. The summed E-state index contributed by atoms with van der Waals surface area (Å²) in [6, 6.07) is 0. The average Bonchev–Trinajstić information content (AvgIpc) is 2.69. The number of hydrogen-bond acceptors (Lipinski definition) is 7. The molecule has 0 bridgehead atoms. The highest BCUT2D eigenvalue weighted by molar-refractivity contribution is 8.22. The first-order chi connectivity index (χ1) is 9.38. The van der Waals surface area contributed by atoms with Gasteiger partial charge in [-0.3, -0.25) is 4.79 Å². The Hall–Kier alpha value is -0.410. The van der Waals surface area contributed by atoms with Crippen molar-refractivity contribution in [2.24, 2.45) is 0 Å². The summed E-state index contributed by atoms with van der Waals surface area (Å²) in [6.45, 7) is 1.70. The Morgan fingerprint density at radius 3 is 2.60 bits per heavy atom. The lowest BCUT2D eigenvalue weighted by atomic mass is 10.1. The number of aliphatic hydroxyl groups excluding tert-OH is 2. The molecular formula is C12H21NO5S2. The third kappa shape index (κ3) is 4.56. The monoisotopic (exact) mass is 323 g/mol. The van der Waals surface area contributed by atoms with Crippen LogP contribution in [0.25, 0.3) is 0 Å². The van der Waals surface area contributed by atoms with Gasteiger partial charge in [-0.05, 0) is 13.3 Å². The maximum Gasteiger partial charge on any atom is 0.305 e. The number of rotatable bonds is 5. The van der Waals surface area contributed by atoms with Gasteiger partial charge in [0.1, 0.15) is 16.5 Å². The molecule has 1 aliphatic rings. The third-order valence-corrected chi connectivity index (χ3v) is 4.79. The van der Waals surface area contributed by atoms with Gasteiger partial charge in [-0.2, -0.15) is 0 Å². The van der Waals surface area contributed by atoms with E-state index < -0.39 is 24.5 Å². The number of aliphatic hydroxyl groups is 2. The predicted octanol–water partition coefficient (Wildman–Crippen LogP) is 0.356. The van der Waals surface area contributed by atoms with Crippen molar-refractivity contribution < 1.29 is 24.5 Å². The molecule has 0 aromatic heterocycles. The summed E-state index contributed by atoms with van der Waals surface area (Å²) in [4.78, 5) is 12.6. The zero-order chi connectivity index (χ0) is 15.3. The minimum Gasteiger partial charge on any atom is -0.469 e. The minimum atomic E-state index is -0.983. The van der Waals surface area contributed by atoms with Crippen LogP contribution in [0.1, 0.15) is 19.8 Å². The number of carbonyl (C=O) groups is 1. The van der Waals surface area contributed by atoms with Gasteiger partial charge in [0, 0.05) is 19.2 Å². The largest absolute Gasteiger partial charge is 0.469 e. The lowest BCUT2D eigenvalue weighted by molar-refractivity contribution is -0.140. The van der Waals surface area contributed by atoms with E-state index in [1.54, 1.807) is 18.9 Å². The van der Waals surface area contributed by atoms with Crippen LogP contribution in [0.15, 0.2) is 0 Å². The molecule has 2 N–H and O–H groups in total. The van der Waals surface area contributed by atoms with E-state index in [0.29, 0.717) is 22.9 Å². The zero-order valence-corrected chi connectivity index (χ0v) is 13.4. The van der Waals surface area contributed by atoms with Crippen molar-refractivity contribution in [2.45, 2.75) is 44.3 Å². The summed E-state index contributed by atoms with van der Waals surface area (Å²) >= 11 is 6.66. The molecule has 0 aliphatic carbocycles. The van der Waals surface area contributed by atoms with E-state index in [1.165, 1.54) is 18.9 Å². The topological polar surface area (TPSA) is 79.2 Å². The van der Waals surface area contributed by atoms with Crippen molar-refractivity contribution in [1.29, 1.82) is 0 Å². The third-order valence-electron chi connectivity index (χ3n) is 3.13. The summed E-state index contributed by atoms with van der Waals surface area (Å²) in [7, 11) is 3.08. The van der Waals surface area contributed by atoms with Gasteiger partial charge in [-0.15, -0.1) is 0 Å². The van der Waals surface area contributed by atoms with Gasteiger partial charge < -0.3 is 24.6 Å². The van der Waals surface area contributed by atoms with E-state index in [2.05, 4.69) is 4.74 Å². The number of hydrogen-bond donors (Lipinski definition) is 2. The average molecular weight is 323 g/mol. The second kappa shape index (κ2) is 8.14. The molecule has 0 spiro atoms. The van der Waals surface area contributed by atoms with Crippen LogP contribution >= 0.6 is 24.0 Å².